The van der Waals surface area contributed by atoms with Gasteiger partial charge in [0.25, 0.3) is 5.91 Å². The summed E-state index contributed by atoms with van der Waals surface area (Å²) in [6.07, 6.45) is -5.65. The van der Waals surface area contributed by atoms with Crippen LogP contribution in [0.2, 0.25) is 10.0 Å². The van der Waals surface area contributed by atoms with E-state index in [9.17, 15) is 32.7 Å². The average molecular weight is 516 g/mol. The predicted molar refractivity (Wildman–Crippen MR) is 116 cm³/mol. The highest BCUT2D eigenvalue weighted by atomic mass is 35.5. The van der Waals surface area contributed by atoms with E-state index in [0.29, 0.717) is 11.1 Å². The Bertz CT molecular complexity index is 1170. The minimum absolute atomic E-state index is 0.0598. The molecule has 4 rings (SSSR count). The van der Waals surface area contributed by atoms with Gasteiger partial charge in [-0.3, -0.25) is 24.6 Å². The molecule has 3 N–H and O–H groups in total. The highest BCUT2D eigenvalue weighted by Gasteiger charge is 2.44. The molecule has 0 saturated carbocycles. The number of amides is 3. The van der Waals surface area contributed by atoms with Crippen LogP contribution in [-0.4, -0.2) is 39.9 Å². The molecule has 1 fully saturated rings. The van der Waals surface area contributed by atoms with Crippen molar-refractivity contribution in [2.75, 3.05) is 0 Å². The molecule has 3 amide bonds. The monoisotopic (exact) mass is 515 g/mol. The van der Waals surface area contributed by atoms with E-state index in [1.807, 2.05) is 5.32 Å². The van der Waals surface area contributed by atoms with E-state index in [-0.39, 0.29) is 40.6 Å². The number of nitrogens with zero attached hydrogens (tertiary/aromatic N) is 1. The van der Waals surface area contributed by atoms with E-state index in [2.05, 4.69) is 5.32 Å². The molecule has 7 nitrogen and oxygen atoms in total. The quantitative estimate of drug-likeness (QED) is 0.540. The topological polar surface area (TPSA) is 98.7 Å². The second-order valence-corrected chi connectivity index (χ2v) is 8.88. The number of alkyl halides is 3. The third kappa shape index (κ3) is 4.76. The van der Waals surface area contributed by atoms with Gasteiger partial charge in [-0.15, -0.1) is 0 Å². The second kappa shape index (κ2) is 9.18. The van der Waals surface area contributed by atoms with Crippen molar-refractivity contribution in [1.29, 1.82) is 0 Å². The maximum absolute atomic E-state index is 13.7. The number of piperidine rings is 1. The highest BCUT2D eigenvalue weighted by molar-refractivity contribution is 6.35. The van der Waals surface area contributed by atoms with Crippen molar-refractivity contribution in [3.05, 3.63) is 68.7 Å². The number of rotatable bonds is 4. The fourth-order valence-electron chi connectivity index (χ4n) is 4.16. The molecule has 0 aliphatic carbocycles. The maximum atomic E-state index is 13.7. The molecule has 0 spiro atoms. The Kier molecular flexibility index (Phi) is 6.61. The van der Waals surface area contributed by atoms with Crippen LogP contribution < -0.4 is 10.6 Å². The number of fused-ring (bicyclic) bond motifs is 1. The molecule has 180 valence electrons. The zero-order valence-electron chi connectivity index (χ0n) is 17.3. The highest BCUT2D eigenvalue weighted by Crippen LogP contribution is 2.38. The molecule has 0 radical (unpaired) electrons. The lowest BCUT2D eigenvalue weighted by Crippen LogP contribution is -2.51. The number of benzene rings is 2. The molecule has 2 aliphatic heterocycles. The summed E-state index contributed by atoms with van der Waals surface area (Å²) < 4.78 is 41.2. The Balaban J connectivity index is 1.55. The molecule has 34 heavy (non-hydrogen) atoms. The van der Waals surface area contributed by atoms with Crippen molar-refractivity contribution in [1.82, 2.24) is 15.5 Å². The Morgan fingerprint density at radius 2 is 1.91 bits per heavy atom. The molecule has 0 bridgehead atoms. The van der Waals surface area contributed by atoms with Gasteiger partial charge in [-0.25, -0.2) is 0 Å². The Morgan fingerprint density at radius 1 is 1.18 bits per heavy atom. The largest absolute Gasteiger partial charge is 0.412 e. The van der Waals surface area contributed by atoms with Gasteiger partial charge in [0.15, 0.2) is 6.04 Å². The molecule has 1 saturated heterocycles. The molecular formula is C22H18Cl2F3N3O4. The van der Waals surface area contributed by atoms with Gasteiger partial charge in [0.05, 0.1) is 6.04 Å². The van der Waals surface area contributed by atoms with Gasteiger partial charge in [-0.2, -0.15) is 13.2 Å². The van der Waals surface area contributed by atoms with Gasteiger partial charge in [-0.1, -0.05) is 35.3 Å². The first-order chi connectivity index (χ1) is 16.0. The summed E-state index contributed by atoms with van der Waals surface area (Å²) in [5, 5.41) is 14.7. The Morgan fingerprint density at radius 3 is 2.56 bits per heavy atom. The molecular weight excluding hydrogens is 498 g/mol. The standard InChI is InChI=1S/C22H18Cl2F3N3O4/c23-12-2-4-14(15(24)8-12)18(22(25,26)27)29-19(32)10-1-3-13-11(7-10)9-30(21(13)34)16-5-6-17(31)28-20(16)33/h1-4,7-8,16,18,21,34H,5-6,9H2,(H,29,32)(H,28,31,33). The van der Waals surface area contributed by atoms with Gasteiger partial charge in [0.2, 0.25) is 11.8 Å². The van der Waals surface area contributed by atoms with Gasteiger partial charge in [-0.05, 0) is 41.8 Å². The van der Waals surface area contributed by atoms with Gasteiger partial charge in [0, 0.05) is 34.1 Å². The summed E-state index contributed by atoms with van der Waals surface area (Å²) in [7, 11) is 0. The first-order valence-electron chi connectivity index (χ1n) is 10.2. The number of aliphatic hydroxyl groups excluding tert-OH is 1. The average Bonchev–Trinajstić information content (AvgIpc) is 3.07. The first-order valence-corrected chi connectivity index (χ1v) is 10.9. The van der Waals surface area contributed by atoms with Gasteiger partial charge in [0.1, 0.15) is 6.23 Å². The smallest absolute Gasteiger partial charge is 0.374 e. The van der Waals surface area contributed by atoms with Crippen molar-refractivity contribution in [3.8, 4) is 0 Å². The molecule has 2 aliphatic rings. The van der Waals surface area contributed by atoms with Crippen LogP contribution in [0, 0.1) is 0 Å². The minimum atomic E-state index is -4.83. The lowest BCUT2D eigenvalue weighted by atomic mass is 10.0. The number of carbonyl (C=O) groups excluding carboxylic acids is 3. The Labute approximate surface area is 201 Å². The number of carbonyl (C=O) groups is 3. The van der Waals surface area contributed by atoms with E-state index in [1.54, 1.807) is 0 Å². The van der Waals surface area contributed by atoms with E-state index in [0.717, 1.165) is 12.1 Å². The van der Waals surface area contributed by atoms with Crippen molar-refractivity contribution in [2.24, 2.45) is 0 Å². The molecule has 3 atom stereocenters. The van der Waals surface area contributed by atoms with E-state index < -0.39 is 42.2 Å². The third-order valence-electron chi connectivity index (χ3n) is 5.84. The Hall–Kier alpha value is -2.66. The second-order valence-electron chi connectivity index (χ2n) is 8.04. The molecule has 2 aromatic carbocycles. The van der Waals surface area contributed by atoms with Crippen LogP contribution in [0.5, 0.6) is 0 Å². The fraction of sp³-hybridized carbons (Fsp3) is 0.318. The first kappa shape index (κ1) is 24.5. The van der Waals surface area contributed by atoms with Gasteiger partial charge < -0.3 is 10.4 Å². The lowest BCUT2D eigenvalue weighted by molar-refractivity contribution is -0.155. The number of hydrogen-bond acceptors (Lipinski definition) is 5. The van der Waals surface area contributed by atoms with Gasteiger partial charge >= 0.3 is 6.18 Å². The van der Waals surface area contributed by atoms with Crippen LogP contribution in [-0.2, 0) is 16.1 Å². The number of hydrogen-bond donors (Lipinski definition) is 3. The van der Waals surface area contributed by atoms with Crippen molar-refractivity contribution >= 4 is 40.9 Å². The maximum Gasteiger partial charge on any atom is 0.412 e. The van der Waals surface area contributed by atoms with Crippen LogP contribution in [0.25, 0.3) is 0 Å². The summed E-state index contributed by atoms with van der Waals surface area (Å²) in [4.78, 5) is 37.8. The molecule has 0 aromatic heterocycles. The van der Waals surface area contributed by atoms with Crippen molar-refractivity contribution in [3.63, 3.8) is 0 Å². The number of halogens is 5. The lowest BCUT2D eigenvalue weighted by Gasteiger charge is -2.31. The molecule has 2 aromatic rings. The molecule has 2 heterocycles. The van der Waals surface area contributed by atoms with E-state index >= 15 is 0 Å². The van der Waals surface area contributed by atoms with Crippen LogP contribution in [0.4, 0.5) is 13.2 Å². The van der Waals surface area contributed by atoms with Crippen LogP contribution in [0.15, 0.2) is 36.4 Å². The molecule has 12 heteroatoms. The summed E-state index contributed by atoms with van der Waals surface area (Å²) >= 11 is 11.7. The zero-order valence-corrected chi connectivity index (χ0v) is 18.8. The van der Waals surface area contributed by atoms with Crippen LogP contribution in [0.1, 0.15) is 52.2 Å². The van der Waals surface area contributed by atoms with Crippen LogP contribution in [0.3, 0.4) is 0 Å². The summed E-state index contributed by atoms with van der Waals surface area (Å²) in [5.74, 6) is -1.93. The third-order valence-corrected chi connectivity index (χ3v) is 6.40. The summed E-state index contributed by atoms with van der Waals surface area (Å²) in [5.41, 5.74) is 0.496. The number of imide groups is 1. The van der Waals surface area contributed by atoms with Crippen molar-refractivity contribution < 1.29 is 32.7 Å². The normalized spacial score (nSPS) is 21.7. The van der Waals surface area contributed by atoms with Crippen molar-refractivity contribution in [2.45, 2.75) is 43.9 Å². The number of aliphatic hydroxyl groups is 1. The van der Waals surface area contributed by atoms with Crippen LogP contribution >= 0.6 is 23.2 Å². The summed E-state index contributed by atoms with van der Waals surface area (Å²) in [6.45, 7) is 0.0790. The SMILES string of the molecule is O=C1CCC(N2Cc3cc(C(=O)NC(c4ccc(Cl)cc4Cl)C(F)(F)F)ccc3C2O)C(=O)N1. The number of nitrogens with one attached hydrogen (secondary N) is 2. The molecule has 3 unspecified atom stereocenters. The van der Waals surface area contributed by atoms with E-state index in [4.69, 9.17) is 23.2 Å². The fourth-order valence-corrected chi connectivity index (χ4v) is 4.68. The summed E-state index contributed by atoms with van der Waals surface area (Å²) in [6, 6.07) is 4.47. The minimum Gasteiger partial charge on any atom is -0.374 e. The predicted octanol–water partition coefficient (Wildman–Crippen LogP) is 3.64. The zero-order chi connectivity index (χ0) is 24.8. The van der Waals surface area contributed by atoms with E-state index in [1.165, 1.54) is 29.2 Å².